The molecule has 0 fully saturated rings. The molecule has 0 N–H and O–H groups in total. The van der Waals surface area contributed by atoms with E-state index in [4.69, 9.17) is 4.74 Å². The van der Waals surface area contributed by atoms with E-state index in [2.05, 4.69) is 23.7 Å². The minimum Gasteiger partial charge on any atom is -0.494 e. The highest BCUT2D eigenvalue weighted by molar-refractivity contribution is 5.84. The second-order valence-corrected chi connectivity index (χ2v) is 7.34. The molecule has 0 saturated carbocycles. The summed E-state index contributed by atoms with van der Waals surface area (Å²) in [4.78, 5) is 0. The molecular formula is C28H14F6O. The maximum absolute atomic E-state index is 14.5. The molecule has 0 bridgehead atoms. The molecule has 0 atom stereocenters. The van der Waals surface area contributed by atoms with Crippen molar-refractivity contribution in [2.24, 2.45) is 0 Å². The smallest absolute Gasteiger partial charge is 0.159 e. The van der Waals surface area contributed by atoms with Gasteiger partial charge in [-0.3, -0.25) is 0 Å². The van der Waals surface area contributed by atoms with Crippen molar-refractivity contribution in [1.29, 1.82) is 0 Å². The van der Waals surface area contributed by atoms with Crippen molar-refractivity contribution in [3.8, 4) is 29.4 Å². The molecular weight excluding hydrogens is 466 g/mol. The summed E-state index contributed by atoms with van der Waals surface area (Å²) in [6, 6.07) is 10.2. The number of hydrogen-bond donors (Lipinski definition) is 0. The summed E-state index contributed by atoms with van der Waals surface area (Å²) in [6.07, 6.45) is 0. The van der Waals surface area contributed by atoms with E-state index in [0.717, 1.165) is 36.4 Å². The van der Waals surface area contributed by atoms with Gasteiger partial charge in [-0.15, -0.1) is 0 Å². The van der Waals surface area contributed by atoms with Crippen LogP contribution in [0.3, 0.4) is 0 Å². The van der Waals surface area contributed by atoms with Gasteiger partial charge in [-0.05, 0) is 54.1 Å². The summed E-state index contributed by atoms with van der Waals surface area (Å²) in [5, 5.41) is 0.811. The zero-order valence-electron chi connectivity index (χ0n) is 18.1. The maximum Gasteiger partial charge on any atom is 0.159 e. The molecule has 0 aliphatic rings. The van der Waals surface area contributed by atoms with Crippen LogP contribution in [0.5, 0.6) is 5.75 Å². The fraction of sp³-hybridized carbons (Fsp3) is 0.0714. The van der Waals surface area contributed by atoms with Crippen LogP contribution in [0.25, 0.3) is 10.8 Å². The van der Waals surface area contributed by atoms with Gasteiger partial charge in [0.2, 0.25) is 0 Å². The van der Waals surface area contributed by atoms with Crippen LogP contribution in [-0.2, 0) is 0 Å². The Bertz CT molecular complexity index is 1540. The fourth-order valence-corrected chi connectivity index (χ4v) is 3.27. The first-order valence-corrected chi connectivity index (χ1v) is 10.3. The van der Waals surface area contributed by atoms with Crippen molar-refractivity contribution in [2.45, 2.75) is 6.92 Å². The second-order valence-electron chi connectivity index (χ2n) is 7.34. The molecule has 4 rings (SSSR count). The Morgan fingerprint density at radius 3 is 1.63 bits per heavy atom. The van der Waals surface area contributed by atoms with Gasteiger partial charge in [-0.1, -0.05) is 29.7 Å². The zero-order valence-corrected chi connectivity index (χ0v) is 18.1. The highest BCUT2D eigenvalue weighted by atomic mass is 19.2. The van der Waals surface area contributed by atoms with Crippen LogP contribution in [0.15, 0.2) is 54.6 Å². The van der Waals surface area contributed by atoms with Gasteiger partial charge in [0.05, 0.1) is 17.7 Å². The third-order valence-corrected chi connectivity index (χ3v) is 4.91. The molecule has 4 aromatic rings. The third-order valence-electron chi connectivity index (χ3n) is 4.91. The number of ether oxygens (including phenoxy) is 1. The van der Waals surface area contributed by atoms with Crippen LogP contribution < -0.4 is 4.74 Å². The van der Waals surface area contributed by atoms with E-state index >= 15 is 0 Å². The third kappa shape index (κ3) is 5.26. The molecule has 0 spiro atoms. The first-order valence-electron chi connectivity index (χ1n) is 10.3. The SMILES string of the molecule is CCOc1cc(F)c(C#Cc2cc(F)c(C#Cc3ccc4cc(F)c(F)cc4c3)c(F)c2)c(F)c1. The minimum atomic E-state index is -1.03. The number of benzene rings is 4. The van der Waals surface area contributed by atoms with Gasteiger partial charge in [-0.25, -0.2) is 26.3 Å². The quantitative estimate of drug-likeness (QED) is 0.225. The van der Waals surface area contributed by atoms with Gasteiger partial charge in [0.25, 0.3) is 0 Å². The van der Waals surface area contributed by atoms with Gasteiger partial charge in [0.15, 0.2) is 11.6 Å². The van der Waals surface area contributed by atoms with Gasteiger partial charge >= 0.3 is 0 Å². The summed E-state index contributed by atoms with van der Waals surface area (Å²) in [7, 11) is 0. The largest absolute Gasteiger partial charge is 0.494 e. The van der Waals surface area contributed by atoms with Crippen molar-refractivity contribution < 1.29 is 31.1 Å². The summed E-state index contributed by atoms with van der Waals surface area (Å²) < 4.78 is 89.2. The molecule has 0 unspecified atom stereocenters. The molecule has 4 aromatic carbocycles. The van der Waals surface area contributed by atoms with Crippen LogP contribution in [0.4, 0.5) is 26.3 Å². The topological polar surface area (TPSA) is 9.23 Å². The molecule has 0 amide bonds. The Morgan fingerprint density at radius 2 is 1.06 bits per heavy atom. The molecule has 174 valence electrons. The van der Waals surface area contributed by atoms with Crippen molar-refractivity contribution in [2.75, 3.05) is 6.61 Å². The van der Waals surface area contributed by atoms with Gasteiger partial charge in [0, 0.05) is 23.3 Å². The van der Waals surface area contributed by atoms with E-state index in [-0.39, 0.29) is 17.9 Å². The first kappa shape index (κ1) is 23.8. The van der Waals surface area contributed by atoms with E-state index < -0.39 is 46.0 Å². The van der Waals surface area contributed by atoms with E-state index in [0.29, 0.717) is 16.3 Å². The predicted octanol–water partition coefficient (Wildman–Crippen LogP) is 6.87. The van der Waals surface area contributed by atoms with Crippen LogP contribution in [0, 0.1) is 58.6 Å². The van der Waals surface area contributed by atoms with Crippen molar-refractivity contribution in [3.05, 3.63) is 112 Å². The van der Waals surface area contributed by atoms with E-state index in [1.54, 1.807) is 6.92 Å². The molecule has 1 nitrogen and oxygen atoms in total. The molecule has 0 aliphatic heterocycles. The Morgan fingerprint density at radius 1 is 0.543 bits per heavy atom. The summed E-state index contributed by atoms with van der Waals surface area (Å²) >= 11 is 0. The summed E-state index contributed by atoms with van der Waals surface area (Å²) in [5.74, 6) is 3.53. The Labute approximate surface area is 197 Å². The Balaban J connectivity index is 1.63. The van der Waals surface area contributed by atoms with Crippen LogP contribution >= 0.6 is 0 Å². The van der Waals surface area contributed by atoms with Crippen molar-refractivity contribution >= 4 is 10.8 Å². The highest BCUT2D eigenvalue weighted by Crippen LogP contribution is 2.22. The Kier molecular flexibility index (Phi) is 6.71. The minimum absolute atomic E-state index is 0.00298. The summed E-state index contributed by atoms with van der Waals surface area (Å²) in [5.41, 5.74) is -0.931. The van der Waals surface area contributed by atoms with E-state index in [9.17, 15) is 26.3 Å². The lowest BCUT2D eigenvalue weighted by molar-refractivity contribution is 0.335. The van der Waals surface area contributed by atoms with Crippen LogP contribution in [0.1, 0.15) is 29.2 Å². The second kappa shape index (κ2) is 9.87. The summed E-state index contributed by atoms with van der Waals surface area (Å²) in [6.45, 7) is 1.88. The lowest BCUT2D eigenvalue weighted by atomic mass is 10.1. The molecule has 0 saturated heterocycles. The molecule has 0 aliphatic carbocycles. The molecule has 0 radical (unpaired) electrons. The Hall–Kier alpha value is -4.36. The highest BCUT2D eigenvalue weighted by Gasteiger charge is 2.12. The van der Waals surface area contributed by atoms with Gasteiger partial charge in [-0.2, -0.15) is 0 Å². The standard InChI is InChI=1S/C28H14F6O/c1-2-35-20-14-25(31)22(26(32)15-20)8-5-17-10-23(29)21(24(30)11-17)7-4-16-3-6-18-12-27(33)28(34)13-19(18)9-16/h3,6,9-15H,2H2,1H3. The number of rotatable bonds is 2. The van der Waals surface area contributed by atoms with Gasteiger partial charge < -0.3 is 4.74 Å². The molecule has 0 heterocycles. The maximum atomic E-state index is 14.5. The average Bonchev–Trinajstić information content (AvgIpc) is 2.79. The lowest BCUT2D eigenvalue weighted by Crippen LogP contribution is -1.97. The van der Waals surface area contributed by atoms with E-state index in [1.165, 1.54) is 18.2 Å². The number of hydrogen-bond acceptors (Lipinski definition) is 1. The van der Waals surface area contributed by atoms with E-state index in [1.807, 2.05) is 0 Å². The molecule has 35 heavy (non-hydrogen) atoms. The fourth-order valence-electron chi connectivity index (χ4n) is 3.27. The normalized spacial score (nSPS) is 10.4. The monoisotopic (exact) mass is 480 g/mol. The zero-order chi connectivity index (χ0) is 25.1. The number of halogens is 6. The average molecular weight is 480 g/mol. The number of fused-ring (bicyclic) bond motifs is 1. The molecule has 7 heteroatoms. The van der Waals surface area contributed by atoms with Crippen LogP contribution in [0.2, 0.25) is 0 Å². The van der Waals surface area contributed by atoms with Crippen molar-refractivity contribution in [3.63, 3.8) is 0 Å². The lowest BCUT2D eigenvalue weighted by Gasteiger charge is -2.04. The molecule has 0 aromatic heterocycles. The van der Waals surface area contributed by atoms with Crippen molar-refractivity contribution in [1.82, 2.24) is 0 Å². The van der Waals surface area contributed by atoms with Gasteiger partial charge in [0.1, 0.15) is 29.0 Å². The van der Waals surface area contributed by atoms with Crippen LogP contribution in [-0.4, -0.2) is 6.61 Å². The predicted molar refractivity (Wildman–Crippen MR) is 120 cm³/mol. The first-order chi connectivity index (χ1) is 16.7.